The Kier molecular flexibility index (Phi) is 8.13. The molecule has 1 heterocycles. The van der Waals surface area contributed by atoms with Crippen LogP contribution in [0.5, 0.6) is 0 Å². The van der Waals surface area contributed by atoms with Crippen molar-refractivity contribution in [1.82, 2.24) is 15.2 Å². The van der Waals surface area contributed by atoms with Crippen LogP contribution in [-0.4, -0.2) is 48.1 Å². The van der Waals surface area contributed by atoms with Gasteiger partial charge in [-0.3, -0.25) is 4.79 Å². The van der Waals surface area contributed by atoms with E-state index in [1.54, 1.807) is 0 Å². The SMILES string of the molecule is CC[NH+](CC)CCN(Cc1cc2c(C)cc(C)cc2[nH]c1=O)C(=O)NC1CCCCC1. The minimum absolute atomic E-state index is 0.0430. The van der Waals surface area contributed by atoms with Gasteiger partial charge in [-0.15, -0.1) is 0 Å². The number of benzene rings is 1. The van der Waals surface area contributed by atoms with E-state index in [4.69, 9.17) is 0 Å². The quantitative estimate of drug-likeness (QED) is 0.606. The normalized spacial score (nSPS) is 14.9. The smallest absolute Gasteiger partial charge is 0.318 e. The summed E-state index contributed by atoms with van der Waals surface area (Å²) in [5, 5.41) is 4.28. The van der Waals surface area contributed by atoms with Gasteiger partial charge in [0.2, 0.25) is 0 Å². The molecule has 0 radical (unpaired) electrons. The highest BCUT2D eigenvalue weighted by atomic mass is 16.2. The number of nitrogens with one attached hydrogen (secondary N) is 3. The third-order valence-corrected chi connectivity index (χ3v) is 6.71. The lowest BCUT2D eigenvalue weighted by molar-refractivity contribution is -0.895. The molecular formula is C25H39N4O2+. The van der Waals surface area contributed by atoms with Gasteiger partial charge in [-0.2, -0.15) is 0 Å². The number of aromatic amines is 1. The predicted octanol–water partition coefficient (Wildman–Crippen LogP) is 2.91. The lowest BCUT2D eigenvalue weighted by Gasteiger charge is -2.29. The molecule has 2 amide bonds. The Morgan fingerprint density at radius 1 is 1.13 bits per heavy atom. The molecule has 1 aromatic carbocycles. The average molecular weight is 428 g/mol. The molecule has 170 valence electrons. The molecule has 1 aromatic heterocycles. The monoisotopic (exact) mass is 427 g/mol. The summed E-state index contributed by atoms with van der Waals surface area (Å²) < 4.78 is 0. The summed E-state index contributed by atoms with van der Waals surface area (Å²) in [6.45, 7) is 12.4. The van der Waals surface area contributed by atoms with Gasteiger partial charge in [-0.1, -0.05) is 25.3 Å². The van der Waals surface area contributed by atoms with Crippen LogP contribution in [0.25, 0.3) is 10.9 Å². The molecule has 1 saturated carbocycles. The van der Waals surface area contributed by atoms with E-state index in [1.807, 2.05) is 24.0 Å². The van der Waals surface area contributed by atoms with Crippen molar-refractivity contribution in [1.29, 1.82) is 0 Å². The first-order chi connectivity index (χ1) is 14.9. The lowest BCUT2D eigenvalue weighted by atomic mass is 9.96. The Hall–Kier alpha value is -2.34. The second-order valence-corrected chi connectivity index (χ2v) is 9.08. The molecule has 0 atom stereocenters. The molecule has 0 bridgehead atoms. The van der Waals surface area contributed by atoms with Gasteiger partial charge in [0, 0.05) is 22.5 Å². The number of carbonyl (C=O) groups is 1. The van der Waals surface area contributed by atoms with Gasteiger partial charge in [-0.25, -0.2) is 4.79 Å². The standard InChI is InChI=1S/C25H38N4O2/c1-5-28(6-2)12-13-29(25(31)26-21-10-8-7-9-11-21)17-20-16-22-19(4)14-18(3)15-23(22)27-24(20)30/h14-16,21H,5-13,17H2,1-4H3,(H,26,31)(H,27,30)/p+1. The largest absolute Gasteiger partial charge is 0.335 e. The van der Waals surface area contributed by atoms with Gasteiger partial charge in [0.15, 0.2) is 0 Å². The number of carbonyl (C=O) groups excluding carboxylic acids is 1. The van der Waals surface area contributed by atoms with Crippen molar-refractivity contribution in [3.05, 3.63) is 45.2 Å². The summed E-state index contributed by atoms with van der Waals surface area (Å²) >= 11 is 0. The van der Waals surface area contributed by atoms with Crippen LogP contribution in [0.2, 0.25) is 0 Å². The van der Waals surface area contributed by atoms with Crippen molar-refractivity contribution in [2.24, 2.45) is 0 Å². The van der Waals surface area contributed by atoms with E-state index in [0.29, 0.717) is 18.7 Å². The third kappa shape index (κ3) is 6.10. The van der Waals surface area contributed by atoms with Gasteiger partial charge in [-0.05, 0) is 63.8 Å². The van der Waals surface area contributed by atoms with Crippen molar-refractivity contribution in [2.75, 3.05) is 26.2 Å². The molecule has 1 aliphatic carbocycles. The van der Waals surface area contributed by atoms with Crippen LogP contribution in [-0.2, 0) is 6.54 Å². The number of likely N-dealkylation sites (N-methyl/N-ethyl adjacent to an activating group) is 1. The zero-order valence-electron chi connectivity index (χ0n) is 19.6. The molecule has 0 spiro atoms. The molecule has 0 aliphatic heterocycles. The molecule has 1 fully saturated rings. The maximum atomic E-state index is 13.2. The first-order valence-electron chi connectivity index (χ1n) is 11.9. The van der Waals surface area contributed by atoms with E-state index in [1.165, 1.54) is 24.2 Å². The second kappa shape index (κ2) is 10.8. The molecule has 2 aromatic rings. The van der Waals surface area contributed by atoms with E-state index in [0.717, 1.165) is 54.5 Å². The fraction of sp³-hybridized carbons (Fsp3) is 0.600. The Morgan fingerprint density at radius 3 is 2.52 bits per heavy atom. The molecule has 0 unspecified atom stereocenters. The summed E-state index contributed by atoms with van der Waals surface area (Å²) in [4.78, 5) is 32.3. The number of pyridine rings is 1. The highest BCUT2D eigenvalue weighted by Gasteiger charge is 2.22. The first-order valence-corrected chi connectivity index (χ1v) is 11.9. The zero-order chi connectivity index (χ0) is 22.4. The molecule has 3 N–H and O–H groups in total. The zero-order valence-corrected chi connectivity index (χ0v) is 19.6. The van der Waals surface area contributed by atoms with Crippen molar-refractivity contribution in [3.8, 4) is 0 Å². The summed E-state index contributed by atoms with van der Waals surface area (Å²) in [6.07, 6.45) is 5.72. The number of aryl methyl sites for hydroxylation is 2. The molecule has 6 nitrogen and oxygen atoms in total. The Morgan fingerprint density at radius 2 is 1.84 bits per heavy atom. The predicted molar refractivity (Wildman–Crippen MR) is 127 cm³/mol. The van der Waals surface area contributed by atoms with E-state index in [-0.39, 0.29) is 17.6 Å². The van der Waals surface area contributed by atoms with Crippen LogP contribution in [0.3, 0.4) is 0 Å². The number of hydrogen-bond acceptors (Lipinski definition) is 2. The van der Waals surface area contributed by atoms with Crippen LogP contribution >= 0.6 is 0 Å². The summed E-state index contributed by atoms with van der Waals surface area (Å²) in [5.74, 6) is 0. The maximum absolute atomic E-state index is 13.2. The fourth-order valence-electron chi connectivity index (χ4n) is 4.70. The number of nitrogens with zero attached hydrogens (tertiary/aromatic N) is 1. The minimum atomic E-state index is -0.108. The number of fused-ring (bicyclic) bond motifs is 1. The van der Waals surface area contributed by atoms with Crippen molar-refractivity contribution < 1.29 is 9.69 Å². The molecule has 1 aliphatic rings. The van der Waals surface area contributed by atoms with Gasteiger partial charge in [0.05, 0.1) is 32.7 Å². The number of rotatable bonds is 8. The van der Waals surface area contributed by atoms with Gasteiger partial charge in [0.1, 0.15) is 0 Å². The van der Waals surface area contributed by atoms with Crippen LogP contribution in [0.1, 0.15) is 62.6 Å². The van der Waals surface area contributed by atoms with Crippen LogP contribution in [0.15, 0.2) is 23.0 Å². The lowest BCUT2D eigenvalue weighted by Crippen LogP contribution is -3.12. The Balaban J connectivity index is 1.83. The number of urea groups is 1. The van der Waals surface area contributed by atoms with Crippen LogP contribution < -0.4 is 15.8 Å². The second-order valence-electron chi connectivity index (χ2n) is 9.08. The Bertz CT molecular complexity index is 942. The highest BCUT2D eigenvalue weighted by molar-refractivity contribution is 5.83. The van der Waals surface area contributed by atoms with Crippen LogP contribution in [0.4, 0.5) is 4.79 Å². The van der Waals surface area contributed by atoms with E-state index in [9.17, 15) is 9.59 Å². The summed E-state index contributed by atoms with van der Waals surface area (Å²) in [7, 11) is 0. The molecule has 31 heavy (non-hydrogen) atoms. The highest BCUT2D eigenvalue weighted by Crippen LogP contribution is 2.20. The van der Waals surface area contributed by atoms with Crippen LogP contribution in [0, 0.1) is 13.8 Å². The van der Waals surface area contributed by atoms with Crippen molar-refractivity contribution in [2.45, 2.75) is 72.4 Å². The molecule has 3 rings (SSSR count). The van der Waals surface area contributed by atoms with Gasteiger partial charge >= 0.3 is 6.03 Å². The van der Waals surface area contributed by atoms with Crippen molar-refractivity contribution >= 4 is 16.9 Å². The first kappa shape index (κ1) is 23.3. The van der Waals surface area contributed by atoms with E-state index >= 15 is 0 Å². The van der Waals surface area contributed by atoms with Crippen molar-refractivity contribution in [3.63, 3.8) is 0 Å². The fourth-order valence-corrected chi connectivity index (χ4v) is 4.70. The Labute approximate surface area is 186 Å². The minimum Gasteiger partial charge on any atom is -0.335 e. The summed E-state index contributed by atoms with van der Waals surface area (Å²) in [5.41, 5.74) is 3.66. The maximum Gasteiger partial charge on any atom is 0.318 e. The van der Waals surface area contributed by atoms with Gasteiger partial charge < -0.3 is 20.1 Å². The number of quaternary nitrogens is 1. The molecular weight excluding hydrogens is 388 g/mol. The van der Waals surface area contributed by atoms with Gasteiger partial charge in [0.25, 0.3) is 5.56 Å². The molecule has 0 saturated heterocycles. The third-order valence-electron chi connectivity index (χ3n) is 6.71. The van der Waals surface area contributed by atoms with E-state index in [2.05, 4.69) is 37.1 Å². The number of H-pyrrole nitrogens is 1. The topological polar surface area (TPSA) is 69.6 Å². The summed E-state index contributed by atoms with van der Waals surface area (Å²) in [6, 6.07) is 6.31. The molecule has 6 heteroatoms. The number of aromatic nitrogens is 1. The number of hydrogen-bond donors (Lipinski definition) is 3. The number of amides is 2. The van der Waals surface area contributed by atoms with E-state index < -0.39 is 0 Å². The average Bonchev–Trinajstić information content (AvgIpc) is 2.74.